The first-order chi connectivity index (χ1) is 5.59. The zero-order valence-corrected chi connectivity index (χ0v) is 9.28. The minimum Gasteiger partial charge on any atom is -0.476 e. The Hall–Kier alpha value is 0.520. The Morgan fingerprint density at radius 3 is 1.23 bits per heavy atom. The number of carboxylic acid groups (broad SMARTS) is 1. The van der Waals surface area contributed by atoms with Crippen molar-refractivity contribution in [1.82, 2.24) is 0 Å². The van der Waals surface area contributed by atoms with Crippen LogP contribution in [-0.2, 0) is 4.79 Å². The van der Waals surface area contributed by atoms with Crippen molar-refractivity contribution in [2.75, 3.05) is 0 Å². The summed E-state index contributed by atoms with van der Waals surface area (Å²) in [6.45, 7) is 0. The van der Waals surface area contributed by atoms with Gasteiger partial charge in [-0.1, -0.05) is 46.4 Å². The normalized spacial score (nSPS) is 9.77. The lowest BCUT2D eigenvalue weighted by Gasteiger charge is -1.95. The number of carboxylic acids is 1. The fraction of sp³-hybridized carbons (Fsp3) is 0.250. The molecule has 0 spiro atoms. The molecule has 0 bridgehead atoms. The topological polar surface area (TPSA) is 37.3 Å². The maximum absolute atomic E-state index is 11.0. The maximum atomic E-state index is 11.0. The summed E-state index contributed by atoms with van der Waals surface area (Å²) < 4.78 is 21.8. The molecule has 9 heteroatoms. The first-order valence-corrected chi connectivity index (χ1v) is 4.14. The van der Waals surface area contributed by atoms with Gasteiger partial charge in [0.25, 0.3) is 0 Å². The third-order valence-electron chi connectivity index (χ3n) is 0.385. The molecule has 0 amide bonds. The van der Waals surface area contributed by atoms with E-state index in [1.54, 1.807) is 0 Å². The molecule has 0 heterocycles. The summed E-state index contributed by atoms with van der Waals surface area (Å²) in [5.74, 6) is -2.32. The SMILES string of the molecule is ClC(Cl)=C(Cl)Cl.O=C(O)C(F)(F)Cl. The van der Waals surface area contributed by atoms with Gasteiger partial charge in [0.2, 0.25) is 0 Å². The van der Waals surface area contributed by atoms with Crippen molar-refractivity contribution in [1.29, 1.82) is 0 Å². The van der Waals surface area contributed by atoms with E-state index < -0.39 is 11.4 Å². The summed E-state index contributed by atoms with van der Waals surface area (Å²) in [7, 11) is 0. The first-order valence-electron chi connectivity index (χ1n) is 2.25. The molecule has 0 aromatic heterocycles. The molecule has 0 aliphatic rings. The van der Waals surface area contributed by atoms with E-state index in [2.05, 4.69) is 11.6 Å². The van der Waals surface area contributed by atoms with Gasteiger partial charge in [0.05, 0.1) is 0 Å². The highest BCUT2D eigenvalue weighted by Crippen LogP contribution is 2.20. The predicted molar refractivity (Wildman–Crippen MR) is 48.9 cm³/mol. The van der Waals surface area contributed by atoms with Crippen LogP contribution in [-0.4, -0.2) is 16.5 Å². The number of alkyl halides is 3. The summed E-state index contributed by atoms with van der Waals surface area (Å²) >= 11 is 23.9. The van der Waals surface area contributed by atoms with Crippen LogP contribution < -0.4 is 0 Å². The first kappa shape index (κ1) is 16.0. The van der Waals surface area contributed by atoms with E-state index in [-0.39, 0.29) is 8.98 Å². The summed E-state index contributed by atoms with van der Waals surface area (Å²) in [5, 5.41) is 3.26. The summed E-state index contributed by atoms with van der Waals surface area (Å²) in [6, 6.07) is 0. The molecule has 1 N–H and O–H groups in total. The lowest BCUT2D eigenvalue weighted by molar-refractivity contribution is -0.153. The van der Waals surface area contributed by atoms with Crippen LogP contribution in [0, 0.1) is 0 Å². The molecule has 0 aromatic carbocycles. The Morgan fingerprint density at radius 1 is 1.08 bits per heavy atom. The van der Waals surface area contributed by atoms with Gasteiger partial charge < -0.3 is 5.11 Å². The zero-order valence-electron chi connectivity index (χ0n) is 5.50. The average Bonchev–Trinajstić information content (AvgIpc) is 1.86. The Balaban J connectivity index is 0. The Kier molecular flexibility index (Phi) is 8.47. The third-order valence-corrected chi connectivity index (χ3v) is 1.69. The molecule has 0 aliphatic heterocycles. The summed E-state index contributed by atoms with van der Waals surface area (Å²) in [5.41, 5.74) is 0. The Labute approximate surface area is 97.0 Å². The highest BCUT2D eigenvalue weighted by molar-refractivity contribution is 6.67. The van der Waals surface area contributed by atoms with Crippen molar-refractivity contribution in [3.63, 3.8) is 0 Å². The summed E-state index contributed by atoms with van der Waals surface area (Å²) in [4.78, 5) is 9.14. The van der Waals surface area contributed by atoms with Crippen LogP contribution in [0.15, 0.2) is 8.98 Å². The minimum absolute atomic E-state index is 0.0988. The van der Waals surface area contributed by atoms with Gasteiger partial charge in [0, 0.05) is 0 Å². The van der Waals surface area contributed by atoms with Crippen molar-refractivity contribution in [3.05, 3.63) is 8.98 Å². The fourth-order valence-corrected chi connectivity index (χ4v) is 0. The van der Waals surface area contributed by atoms with Gasteiger partial charge in [0.15, 0.2) is 0 Å². The number of hydrogen-bond donors (Lipinski definition) is 1. The Morgan fingerprint density at radius 2 is 1.23 bits per heavy atom. The van der Waals surface area contributed by atoms with E-state index in [9.17, 15) is 8.78 Å². The van der Waals surface area contributed by atoms with Crippen molar-refractivity contribution < 1.29 is 18.7 Å². The summed E-state index contributed by atoms with van der Waals surface area (Å²) in [6.07, 6.45) is 0. The number of hydrogen-bond acceptors (Lipinski definition) is 1. The minimum atomic E-state index is -4.11. The van der Waals surface area contributed by atoms with E-state index in [0.717, 1.165) is 0 Å². The van der Waals surface area contributed by atoms with Crippen molar-refractivity contribution >= 4 is 64.0 Å². The number of aliphatic carboxylic acids is 1. The maximum Gasteiger partial charge on any atom is 0.417 e. The highest BCUT2D eigenvalue weighted by Gasteiger charge is 2.35. The molecule has 13 heavy (non-hydrogen) atoms. The third kappa shape index (κ3) is 12.5. The average molecular weight is 296 g/mol. The van der Waals surface area contributed by atoms with Crippen molar-refractivity contribution in [2.24, 2.45) is 0 Å². The molecule has 0 rings (SSSR count). The predicted octanol–water partition coefficient (Wildman–Crippen LogP) is 3.97. The van der Waals surface area contributed by atoms with E-state index in [1.165, 1.54) is 0 Å². The van der Waals surface area contributed by atoms with Crippen LogP contribution in [0.2, 0.25) is 0 Å². The zero-order chi connectivity index (χ0) is 11.2. The molecule has 0 fully saturated rings. The molecule has 78 valence electrons. The van der Waals surface area contributed by atoms with Gasteiger partial charge in [-0.3, -0.25) is 0 Å². The van der Waals surface area contributed by atoms with E-state index in [0.29, 0.717) is 0 Å². The van der Waals surface area contributed by atoms with Crippen LogP contribution >= 0.6 is 58.0 Å². The molecule has 0 saturated heterocycles. The van der Waals surface area contributed by atoms with Crippen LogP contribution in [0.5, 0.6) is 0 Å². The molecule has 0 saturated carbocycles. The van der Waals surface area contributed by atoms with Crippen molar-refractivity contribution in [2.45, 2.75) is 5.38 Å². The van der Waals surface area contributed by atoms with Gasteiger partial charge in [0.1, 0.15) is 8.98 Å². The van der Waals surface area contributed by atoms with Crippen LogP contribution in [0.1, 0.15) is 0 Å². The van der Waals surface area contributed by atoms with E-state index >= 15 is 0 Å². The fourth-order valence-electron chi connectivity index (χ4n) is 0. The molecule has 0 aliphatic carbocycles. The second-order valence-electron chi connectivity index (χ2n) is 1.32. The second-order valence-corrected chi connectivity index (χ2v) is 3.70. The van der Waals surface area contributed by atoms with Gasteiger partial charge in [-0.25, -0.2) is 4.79 Å². The molecular weight excluding hydrogens is 295 g/mol. The second kappa shape index (κ2) is 6.90. The lowest BCUT2D eigenvalue weighted by Crippen LogP contribution is -2.19. The van der Waals surface area contributed by atoms with E-state index in [4.69, 9.17) is 56.3 Å². The Bertz CT molecular complexity index is 193. The van der Waals surface area contributed by atoms with E-state index in [1.807, 2.05) is 0 Å². The standard InChI is InChI=1S/C2Cl4.C2HClF2O2/c3-1(4)2(5)6;3-2(4,5)1(6)7/h;(H,6,7). The molecular formula is C4HCl5F2O2. The quantitative estimate of drug-likeness (QED) is 0.743. The number of halogens is 7. The van der Waals surface area contributed by atoms with Gasteiger partial charge in [-0.15, -0.1) is 0 Å². The largest absolute Gasteiger partial charge is 0.476 e. The molecule has 0 atom stereocenters. The van der Waals surface area contributed by atoms with Crippen LogP contribution in [0.3, 0.4) is 0 Å². The van der Waals surface area contributed by atoms with Gasteiger partial charge in [-0.2, -0.15) is 8.78 Å². The van der Waals surface area contributed by atoms with Gasteiger partial charge in [-0.05, 0) is 11.6 Å². The van der Waals surface area contributed by atoms with Crippen molar-refractivity contribution in [3.8, 4) is 0 Å². The monoisotopic (exact) mass is 294 g/mol. The van der Waals surface area contributed by atoms with Gasteiger partial charge >= 0.3 is 11.4 Å². The highest BCUT2D eigenvalue weighted by atomic mass is 35.5. The van der Waals surface area contributed by atoms with Crippen LogP contribution in [0.4, 0.5) is 8.78 Å². The molecule has 0 unspecified atom stereocenters. The lowest BCUT2D eigenvalue weighted by atomic mass is 10.7. The number of carbonyl (C=O) groups is 1. The number of rotatable bonds is 1. The molecule has 2 nitrogen and oxygen atoms in total. The molecule has 0 radical (unpaired) electrons. The van der Waals surface area contributed by atoms with Crippen LogP contribution in [0.25, 0.3) is 0 Å². The smallest absolute Gasteiger partial charge is 0.417 e. The molecule has 0 aromatic rings.